The van der Waals surface area contributed by atoms with Crippen LogP contribution in [-0.2, 0) is 24.6 Å². The Kier molecular flexibility index (Phi) is 4.78. The number of nitrogens with zero attached hydrogens (tertiary/aromatic N) is 2. The topological polar surface area (TPSA) is 73.2 Å². The fraction of sp³-hybridized carbons (Fsp3) is 0.438. The van der Waals surface area contributed by atoms with Crippen LogP contribution in [0.3, 0.4) is 0 Å². The largest absolute Gasteiger partial charge is 0.465 e. The van der Waals surface area contributed by atoms with E-state index >= 15 is 0 Å². The summed E-state index contributed by atoms with van der Waals surface area (Å²) in [6.07, 6.45) is 4.50. The van der Waals surface area contributed by atoms with Gasteiger partial charge in [0.2, 0.25) is 0 Å². The van der Waals surface area contributed by atoms with Crippen LogP contribution in [0.15, 0.2) is 10.7 Å². The molecule has 8 heteroatoms. The third kappa shape index (κ3) is 3.12. The van der Waals surface area contributed by atoms with E-state index in [4.69, 9.17) is 4.74 Å². The minimum atomic E-state index is -0.405. The van der Waals surface area contributed by atoms with Gasteiger partial charge in [0.15, 0.2) is 5.69 Å². The Morgan fingerprint density at radius 2 is 2.25 bits per heavy atom. The molecule has 1 N–H and O–H groups in total. The van der Waals surface area contributed by atoms with E-state index in [2.05, 4.69) is 33.3 Å². The monoisotopic (exact) mass is 411 g/mol. The number of fused-ring (bicyclic) bond motifs is 1. The summed E-state index contributed by atoms with van der Waals surface area (Å²) in [5.74, 6) is -0.174. The van der Waals surface area contributed by atoms with Gasteiger partial charge in [0.25, 0.3) is 5.91 Å². The number of hydrogen-bond acceptors (Lipinski definition) is 5. The fourth-order valence-electron chi connectivity index (χ4n) is 2.93. The Morgan fingerprint density at radius 3 is 2.88 bits per heavy atom. The highest BCUT2D eigenvalue weighted by molar-refractivity contribution is 9.10. The van der Waals surface area contributed by atoms with Crippen molar-refractivity contribution in [1.82, 2.24) is 9.78 Å². The summed E-state index contributed by atoms with van der Waals surface area (Å²) in [6, 6.07) is 0. The predicted molar refractivity (Wildman–Crippen MR) is 95.7 cm³/mol. The molecule has 0 bridgehead atoms. The summed E-state index contributed by atoms with van der Waals surface area (Å²) in [5, 5.41) is 7.53. The van der Waals surface area contributed by atoms with Gasteiger partial charge < -0.3 is 10.1 Å². The van der Waals surface area contributed by atoms with E-state index in [0.717, 1.165) is 29.7 Å². The molecular weight excluding hydrogens is 394 g/mol. The first-order valence-corrected chi connectivity index (χ1v) is 9.25. The van der Waals surface area contributed by atoms with Gasteiger partial charge in [-0.05, 0) is 46.7 Å². The number of halogens is 1. The quantitative estimate of drug-likeness (QED) is 0.785. The van der Waals surface area contributed by atoms with E-state index in [-0.39, 0.29) is 11.6 Å². The third-order valence-electron chi connectivity index (χ3n) is 4.13. The zero-order chi connectivity index (χ0) is 17.4. The van der Waals surface area contributed by atoms with Crippen LogP contribution >= 0.6 is 27.3 Å². The maximum Gasteiger partial charge on any atom is 0.341 e. The molecule has 0 saturated carbocycles. The molecule has 0 aromatic carbocycles. The maximum absolute atomic E-state index is 12.5. The molecule has 0 unspecified atom stereocenters. The summed E-state index contributed by atoms with van der Waals surface area (Å²) < 4.78 is 7.10. The van der Waals surface area contributed by atoms with Crippen LogP contribution in [0.25, 0.3) is 0 Å². The van der Waals surface area contributed by atoms with E-state index in [0.29, 0.717) is 21.0 Å². The molecule has 0 radical (unpaired) electrons. The first-order valence-electron chi connectivity index (χ1n) is 7.64. The number of esters is 1. The molecule has 3 rings (SSSR count). The molecule has 1 amide bonds. The van der Waals surface area contributed by atoms with Gasteiger partial charge in [-0.3, -0.25) is 9.48 Å². The number of carbonyl (C=O) groups is 2. The predicted octanol–water partition coefficient (Wildman–Crippen LogP) is 3.41. The molecule has 1 atom stereocenters. The lowest BCUT2D eigenvalue weighted by Crippen LogP contribution is -2.16. The van der Waals surface area contributed by atoms with Crippen molar-refractivity contribution >= 4 is 44.1 Å². The number of amides is 1. The van der Waals surface area contributed by atoms with Crippen molar-refractivity contribution in [1.29, 1.82) is 0 Å². The van der Waals surface area contributed by atoms with Crippen molar-refractivity contribution in [2.75, 3.05) is 12.4 Å². The molecule has 1 aliphatic rings. The summed E-state index contributed by atoms with van der Waals surface area (Å²) in [7, 11) is 3.10. The summed E-state index contributed by atoms with van der Waals surface area (Å²) in [4.78, 5) is 25.9. The maximum atomic E-state index is 12.5. The number of aryl methyl sites for hydroxylation is 1. The number of thiophene rings is 1. The second-order valence-corrected chi connectivity index (χ2v) is 7.96. The van der Waals surface area contributed by atoms with Crippen LogP contribution in [0.1, 0.15) is 44.6 Å². The van der Waals surface area contributed by atoms with Crippen LogP contribution in [0.4, 0.5) is 5.00 Å². The highest BCUT2D eigenvalue weighted by Gasteiger charge is 2.29. The van der Waals surface area contributed by atoms with E-state index in [1.54, 1.807) is 17.9 Å². The third-order valence-corrected chi connectivity index (χ3v) is 5.88. The first kappa shape index (κ1) is 17.2. The smallest absolute Gasteiger partial charge is 0.341 e. The molecule has 0 saturated heterocycles. The molecule has 0 fully saturated rings. The summed E-state index contributed by atoms with van der Waals surface area (Å²) in [6.45, 7) is 2.20. The first-order chi connectivity index (χ1) is 11.4. The van der Waals surface area contributed by atoms with Gasteiger partial charge in [0.1, 0.15) is 5.00 Å². The van der Waals surface area contributed by atoms with Gasteiger partial charge in [-0.1, -0.05) is 6.92 Å². The number of methoxy groups -OCH3 is 1. The molecule has 24 heavy (non-hydrogen) atoms. The Labute approximate surface area is 152 Å². The molecule has 0 spiro atoms. The molecule has 2 aromatic heterocycles. The molecule has 2 heterocycles. The number of carbonyl (C=O) groups excluding carboxylic acids is 2. The molecule has 2 aromatic rings. The van der Waals surface area contributed by atoms with E-state index < -0.39 is 5.97 Å². The highest BCUT2D eigenvalue weighted by atomic mass is 79.9. The van der Waals surface area contributed by atoms with Crippen LogP contribution in [0.5, 0.6) is 0 Å². The van der Waals surface area contributed by atoms with Crippen molar-refractivity contribution in [3.05, 3.63) is 32.4 Å². The number of rotatable bonds is 3. The van der Waals surface area contributed by atoms with Crippen LogP contribution < -0.4 is 5.32 Å². The number of hydrogen-bond donors (Lipinski definition) is 1. The Bertz CT molecular complexity index is 812. The zero-order valence-corrected chi connectivity index (χ0v) is 16.1. The standard InChI is InChI=1S/C16H18BrN3O3S/c1-8-4-5-9-11(6-8)24-15(12(9)16(22)23-3)18-14(21)13-10(17)7-20(2)19-13/h7-8H,4-6H2,1-3H3,(H,18,21)/t8-/m0/s1. The Morgan fingerprint density at radius 1 is 1.50 bits per heavy atom. The van der Waals surface area contributed by atoms with E-state index in [1.165, 1.54) is 18.4 Å². The number of ether oxygens (including phenoxy) is 1. The fourth-order valence-corrected chi connectivity index (χ4v) is 4.88. The number of nitrogens with one attached hydrogen (secondary N) is 1. The average Bonchev–Trinajstić information content (AvgIpc) is 3.05. The lowest BCUT2D eigenvalue weighted by atomic mass is 9.88. The van der Waals surface area contributed by atoms with Crippen molar-refractivity contribution in [2.24, 2.45) is 13.0 Å². The minimum absolute atomic E-state index is 0.285. The van der Waals surface area contributed by atoms with Gasteiger partial charge in [-0.15, -0.1) is 11.3 Å². The zero-order valence-electron chi connectivity index (χ0n) is 13.7. The molecular formula is C16H18BrN3O3S. The van der Waals surface area contributed by atoms with Crippen LogP contribution in [-0.4, -0.2) is 28.8 Å². The summed E-state index contributed by atoms with van der Waals surface area (Å²) in [5.41, 5.74) is 1.79. The van der Waals surface area contributed by atoms with Gasteiger partial charge in [-0.25, -0.2) is 4.79 Å². The van der Waals surface area contributed by atoms with Crippen LogP contribution in [0.2, 0.25) is 0 Å². The average molecular weight is 412 g/mol. The van der Waals surface area contributed by atoms with Crippen molar-refractivity contribution in [2.45, 2.75) is 26.2 Å². The number of anilines is 1. The second kappa shape index (κ2) is 6.68. The number of aromatic nitrogens is 2. The molecule has 1 aliphatic carbocycles. The lowest BCUT2D eigenvalue weighted by molar-refractivity contribution is 0.0601. The van der Waals surface area contributed by atoms with Gasteiger partial charge in [0.05, 0.1) is 17.1 Å². The van der Waals surface area contributed by atoms with Gasteiger partial charge in [0, 0.05) is 18.1 Å². The van der Waals surface area contributed by atoms with E-state index in [1.807, 2.05) is 0 Å². The minimum Gasteiger partial charge on any atom is -0.465 e. The summed E-state index contributed by atoms with van der Waals surface area (Å²) >= 11 is 4.79. The van der Waals surface area contributed by atoms with Crippen molar-refractivity contribution in [3.63, 3.8) is 0 Å². The van der Waals surface area contributed by atoms with Gasteiger partial charge >= 0.3 is 5.97 Å². The molecule has 6 nitrogen and oxygen atoms in total. The normalized spacial score (nSPS) is 16.6. The van der Waals surface area contributed by atoms with Crippen molar-refractivity contribution < 1.29 is 14.3 Å². The highest BCUT2D eigenvalue weighted by Crippen LogP contribution is 2.40. The molecule has 0 aliphatic heterocycles. The van der Waals surface area contributed by atoms with Crippen LogP contribution in [0, 0.1) is 5.92 Å². The lowest BCUT2D eigenvalue weighted by Gasteiger charge is -2.18. The Balaban J connectivity index is 1.96. The van der Waals surface area contributed by atoms with Gasteiger partial charge in [-0.2, -0.15) is 5.10 Å². The SMILES string of the molecule is COC(=O)c1c(NC(=O)c2nn(C)cc2Br)sc2c1CC[C@H](C)C2. The molecule has 128 valence electrons. The van der Waals surface area contributed by atoms with E-state index in [9.17, 15) is 9.59 Å². The van der Waals surface area contributed by atoms with Crippen molar-refractivity contribution in [3.8, 4) is 0 Å². The second-order valence-electron chi connectivity index (χ2n) is 6.00. The Hall–Kier alpha value is -1.67.